The zero-order valence-electron chi connectivity index (χ0n) is 18.9. The molecule has 0 aliphatic carbocycles. The Morgan fingerprint density at radius 3 is 2.17 bits per heavy atom. The average molecular weight is 503 g/mol. The van der Waals surface area contributed by atoms with Crippen LogP contribution in [0.1, 0.15) is 5.56 Å². The first-order chi connectivity index (χ1) is 16.7. The molecule has 3 aromatic rings. The molecular formula is C22H22N4O8S. The summed E-state index contributed by atoms with van der Waals surface area (Å²) in [6.45, 7) is 0. The van der Waals surface area contributed by atoms with Gasteiger partial charge in [0.15, 0.2) is 11.5 Å². The van der Waals surface area contributed by atoms with Crippen LogP contribution in [0.4, 0.5) is 17.1 Å². The van der Waals surface area contributed by atoms with Gasteiger partial charge in [-0.3, -0.25) is 20.3 Å². The summed E-state index contributed by atoms with van der Waals surface area (Å²) in [4.78, 5) is 10.6. The van der Waals surface area contributed by atoms with Crippen LogP contribution in [-0.2, 0) is 10.0 Å². The second-order valence-electron chi connectivity index (χ2n) is 6.89. The number of methoxy groups -OCH3 is 3. The monoisotopic (exact) mass is 502 g/mol. The number of aromatic hydroxyl groups is 1. The number of hydrazone groups is 1. The van der Waals surface area contributed by atoms with E-state index in [-0.39, 0.29) is 33.5 Å². The lowest BCUT2D eigenvalue weighted by Gasteiger charge is -2.12. The Kier molecular flexibility index (Phi) is 7.61. The molecule has 0 radical (unpaired) electrons. The fourth-order valence-electron chi connectivity index (χ4n) is 3.02. The van der Waals surface area contributed by atoms with E-state index in [2.05, 4.69) is 15.2 Å². The van der Waals surface area contributed by atoms with E-state index < -0.39 is 20.6 Å². The van der Waals surface area contributed by atoms with E-state index in [9.17, 15) is 23.6 Å². The van der Waals surface area contributed by atoms with Crippen LogP contribution in [0.3, 0.4) is 0 Å². The first-order valence-electron chi connectivity index (χ1n) is 9.88. The number of ether oxygens (including phenoxy) is 3. The van der Waals surface area contributed by atoms with Crippen molar-refractivity contribution in [3.63, 3.8) is 0 Å². The molecule has 0 spiro atoms. The molecule has 0 bridgehead atoms. The van der Waals surface area contributed by atoms with E-state index >= 15 is 0 Å². The highest BCUT2D eigenvalue weighted by Gasteiger charge is 2.22. The summed E-state index contributed by atoms with van der Waals surface area (Å²) in [7, 11) is -0.0208. The van der Waals surface area contributed by atoms with Crippen LogP contribution in [0.25, 0.3) is 0 Å². The lowest BCUT2D eigenvalue weighted by atomic mass is 10.2. The van der Waals surface area contributed by atoms with Crippen molar-refractivity contribution < 1.29 is 32.7 Å². The highest BCUT2D eigenvalue weighted by molar-refractivity contribution is 7.92. The van der Waals surface area contributed by atoms with Crippen LogP contribution in [0.2, 0.25) is 0 Å². The molecule has 3 rings (SSSR count). The topological polar surface area (TPSA) is 162 Å². The number of phenols is 1. The predicted octanol–water partition coefficient (Wildman–Crippen LogP) is 3.57. The number of nitro groups is 1. The van der Waals surface area contributed by atoms with Gasteiger partial charge in [0.05, 0.1) is 43.1 Å². The largest absolute Gasteiger partial charge is 0.502 e. The zero-order valence-corrected chi connectivity index (χ0v) is 19.7. The number of nitro benzene ring substituents is 1. The molecule has 0 unspecified atom stereocenters. The summed E-state index contributed by atoms with van der Waals surface area (Å²) in [5, 5.41) is 25.6. The number of nitrogens with one attached hydrogen (secondary N) is 2. The van der Waals surface area contributed by atoms with Gasteiger partial charge in [-0.1, -0.05) is 12.1 Å². The predicted molar refractivity (Wildman–Crippen MR) is 129 cm³/mol. The van der Waals surface area contributed by atoms with E-state index in [1.165, 1.54) is 57.9 Å². The van der Waals surface area contributed by atoms with E-state index in [0.717, 1.165) is 6.07 Å². The van der Waals surface area contributed by atoms with Crippen LogP contribution in [0.5, 0.6) is 23.0 Å². The van der Waals surface area contributed by atoms with Gasteiger partial charge in [0.25, 0.3) is 15.7 Å². The number of rotatable bonds is 10. The van der Waals surface area contributed by atoms with Gasteiger partial charge in [0, 0.05) is 11.6 Å². The van der Waals surface area contributed by atoms with Gasteiger partial charge in [-0.15, -0.1) is 0 Å². The Morgan fingerprint density at radius 2 is 1.57 bits per heavy atom. The molecule has 0 saturated carbocycles. The highest BCUT2D eigenvalue weighted by atomic mass is 32.2. The van der Waals surface area contributed by atoms with Crippen molar-refractivity contribution in [1.29, 1.82) is 0 Å². The molecule has 12 nitrogen and oxygen atoms in total. The SMILES string of the molecule is COc1ccccc1NS(=O)(=O)c1ccc(N/N=C/c2cc(OC)c(O)c(OC)c2)c([N+](=O)[O-])c1. The van der Waals surface area contributed by atoms with Crippen molar-refractivity contribution in [1.82, 2.24) is 0 Å². The number of nitrogens with zero attached hydrogens (tertiary/aromatic N) is 2. The number of phenolic OH excluding ortho intramolecular Hbond substituents is 1. The smallest absolute Gasteiger partial charge is 0.295 e. The Morgan fingerprint density at radius 1 is 0.943 bits per heavy atom. The number of anilines is 2. The number of sulfonamides is 1. The van der Waals surface area contributed by atoms with Gasteiger partial charge in [-0.25, -0.2) is 8.42 Å². The Hall–Kier alpha value is -4.52. The Labute approximate surface area is 201 Å². The van der Waals surface area contributed by atoms with Gasteiger partial charge < -0.3 is 19.3 Å². The van der Waals surface area contributed by atoms with Crippen LogP contribution < -0.4 is 24.4 Å². The lowest BCUT2D eigenvalue weighted by Crippen LogP contribution is -2.14. The molecular weight excluding hydrogens is 480 g/mol. The molecule has 0 heterocycles. The number of hydrogen-bond donors (Lipinski definition) is 3. The summed E-state index contributed by atoms with van der Waals surface area (Å²) in [6.07, 6.45) is 1.32. The van der Waals surface area contributed by atoms with E-state index in [1.54, 1.807) is 18.2 Å². The van der Waals surface area contributed by atoms with Crippen LogP contribution >= 0.6 is 0 Å². The number of para-hydroxylation sites is 2. The summed E-state index contributed by atoms with van der Waals surface area (Å²) in [6, 6.07) is 12.7. The third-order valence-corrected chi connectivity index (χ3v) is 6.09. The van der Waals surface area contributed by atoms with Crippen molar-refractivity contribution in [2.24, 2.45) is 5.10 Å². The van der Waals surface area contributed by atoms with Crippen LogP contribution in [0, 0.1) is 10.1 Å². The number of benzene rings is 3. The minimum absolute atomic E-state index is 0.0415. The molecule has 0 amide bonds. The van der Waals surface area contributed by atoms with Crippen molar-refractivity contribution in [2.45, 2.75) is 4.90 Å². The average Bonchev–Trinajstić information content (AvgIpc) is 2.84. The van der Waals surface area contributed by atoms with Gasteiger partial charge in [0.2, 0.25) is 5.75 Å². The normalized spacial score (nSPS) is 11.2. The van der Waals surface area contributed by atoms with Crippen LogP contribution in [-0.4, -0.2) is 46.0 Å². The molecule has 184 valence electrons. The van der Waals surface area contributed by atoms with Crippen molar-refractivity contribution >= 4 is 33.3 Å². The first kappa shape index (κ1) is 25.1. The number of hydrogen-bond acceptors (Lipinski definition) is 10. The molecule has 0 fully saturated rings. The summed E-state index contributed by atoms with van der Waals surface area (Å²) >= 11 is 0. The van der Waals surface area contributed by atoms with Crippen molar-refractivity contribution in [2.75, 3.05) is 31.5 Å². The fourth-order valence-corrected chi connectivity index (χ4v) is 4.11. The first-order valence-corrected chi connectivity index (χ1v) is 11.4. The highest BCUT2D eigenvalue weighted by Crippen LogP contribution is 2.36. The second kappa shape index (κ2) is 10.6. The summed E-state index contributed by atoms with van der Waals surface area (Å²) < 4.78 is 43.3. The molecule has 3 aromatic carbocycles. The fraction of sp³-hybridized carbons (Fsp3) is 0.136. The van der Waals surface area contributed by atoms with E-state index in [1.807, 2.05) is 0 Å². The summed E-state index contributed by atoms with van der Waals surface area (Å²) in [5.41, 5.74) is 2.63. The van der Waals surface area contributed by atoms with Crippen molar-refractivity contribution in [3.8, 4) is 23.0 Å². The zero-order chi connectivity index (χ0) is 25.6. The maximum Gasteiger partial charge on any atom is 0.295 e. The van der Waals surface area contributed by atoms with Crippen LogP contribution in [0.15, 0.2) is 64.6 Å². The molecule has 13 heteroatoms. The maximum atomic E-state index is 12.8. The molecule has 0 aliphatic rings. The maximum absolute atomic E-state index is 12.8. The summed E-state index contributed by atoms with van der Waals surface area (Å²) in [5.74, 6) is 0.401. The van der Waals surface area contributed by atoms with Crippen molar-refractivity contribution in [3.05, 3.63) is 70.3 Å². The Balaban J connectivity index is 1.87. The molecule has 0 aromatic heterocycles. The third kappa shape index (κ3) is 5.70. The molecule has 35 heavy (non-hydrogen) atoms. The quantitative estimate of drug-likeness (QED) is 0.214. The minimum Gasteiger partial charge on any atom is -0.502 e. The van der Waals surface area contributed by atoms with E-state index in [0.29, 0.717) is 11.3 Å². The standard InChI is InChI=1S/C22H22N4O8S/c1-32-19-7-5-4-6-17(19)25-35(30,31)15-8-9-16(18(12-15)26(28)29)24-23-13-14-10-20(33-2)22(27)21(11-14)34-3/h4-13,24-25,27H,1-3H3/b23-13+. The third-order valence-electron chi connectivity index (χ3n) is 4.73. The van der Waals surface area contributed by atoms with Gasteiger partial charge >= 0.3 is 0 Å². The van der Waals surface area contributed by atoms with Gasteiger partial charge in [0.1, 0.15) is 11.4 Å². The molecule has 0 atom stereocenters. The molecule has 3 N–H and O–H groups in total. The minimum atomic E-state index is -4.15. The lowest BCUT2D eigenvalue weighted by molar-refractivity contribution is -0.384. The Bertz CT molecular complexity index is 1350. The molecule has 0 aliphatic heterocycles. The van der Waals surface area contributed by atoms with E-state index in [4.69, 9.17) is 14.2 Å². The van der Waals surface area contributed by atoms with Gasteiger partial charge in [-0.2, -0.15) is 5.10 Å². The molecule has 0 saturated heterocycles. The van der Waals surface area contributed by atoms with Gasteiger partial charge in [-0.05, 0) is 36.4 Å². The second-order valence-corrected chi connectivity index (χ2v) is 8.57.